The van der Waals surface area contributed by atoms with Crippen LogP contribution in [0, 0.1) is 0 Å². The van der Waals surface area contributed by atoms with Crippen molar-refractivity contribution in [2.45, 2.75) is 32.9 Å². The van der Waals surface area contributed by atoms with Crippen LogP contribution in [0.4, 0.5) is 4.79 Å². The third-order valence-electron chi connectivity index (χ3n) is 3.45. The molecule has 0 aliphatic carbocycles. The summed E-state index contributed by atoms with van der Waals surface area (Å²) in [6.07, 6.45) is 1.40. The van der Waals surface area contributed by atoms with Gasteiger partial charge in [0, 0.05) is 25.7 Å². The van der Waals surface area contributed by atoms with Crippen LogP contribution >= 0.6 is 0 Å². The third kappa shape index (κ3) is 2.59. The zero-order valence-corrected chi connectivity index (χ0v) is 11.9. The molecule has 0 radical (unpaired) electrons. The fourth-order valence-corrected chi connectivity index (χ4v) is 2.23. The molecule has 1 saturated heterocycles. The van der Waals surface area contributed by atoms with Crippen molar-refractivity contribution in [1.82, 2.24) is 24.8 Å². The predicted molar refractivity (Wildman–Crippen MR) is 70.5 cm³/mol. The summed E-state index contributed by atoms with van der Waals surface area (Å²) in [5.74, 6) is -1.10. The van der Waals surface area contributed by atoms with Crippen molar-refractivity contribution in [2.75, 3.05) is 19.6 Å². The smallest absolute Gasteiger partial charge is 0.358 e. The van der Waals surface area contributed by atoms with Crippen molar-refractivity contribution in [1.29, 1.82) is 0 Å². The second-order valence-electron chi connectivity index (χ2n) is 5.11. The molecule has 8 nitrogen and oxygen atoms in total. The topological polar surface area (TPSA) is 91.6 Å². The Morgan fingerprint density at radius 1 is 1.50 bits per heavy atom. The first-order chi connectivity index (χ1) is 9.43. The lowest BCUT2D eigenvalue weighted by atomic mass is 10.1. The van der Waals surface area contributed by atoms with Gasteiger partial charge in [-0.05, 0) is 20.8 Å². The number of aromatic carboxylic acids is 1. The highest BCUT2D eigenvalue weighted by atomic mass is 16.4. The van der Waals surface area contributed by atoms with Crippen LogP contribution in [0.5, 0.6) is 0 Å². The first-order valence-electron chi connectivity index (χ1n) is 6.64. The highest BCUT2D eigenvalue weighted by Gasteiger charge is 2.35. The van der Waals surface area contributed by atoms with Crippen molar-refractivity contribution >= 4 is 12.0 Å². The Morgan fingerprint density at radius 2 is 2.15 bits per heavy atom. The SMILES string of the molecule is CCN(C(=O)N1CC(n2cc(C(=O)O)nn2)C1)C(C)C. The summed E-state index contributed by atoms with van der Waals surface area (Å²) < 4.78 is 1.51. The second kappa shape index (κ2) is 5.48. The second-order valence-corrected chi connectivity index (χ2v) is 5.11. The van der Waals surface area contributed by atoms with Crippen LogP contribution in [0.25, 0.3) is 0 Å². The number of aromatic nitrogens is 3. The number of likely N-dealkylation sites (tertiary alicyclic amines) is 1. The lowest BCUT2D eigenvalue weighted by Crippen LogP contribution is -2.56. The van der Waals surface area contributed by atoms with Gasteiger partial charge in [0.15, 0.2) is 5.69 Å². The van der Waals surface area contributed by atoms with E-state index in [1.54, 1.807) is 9.80 Å². The molecular formula is C12H19N5O3. The molecular weight excluding hydrogens is 262 g/mol. The molecule has 1 aromatic rings. The highest BCUT2D eigenvalue weighted by molar-refractivity contribution is 5.84. The van der Waals surface area contributed by atoms with Crippen molar-refractivity contribution in [3.05, 3.63) is 11.9 Å². The minimum atomic E-state index is -1.10. The van der Waals surface area contributed by atoms with Gasteiger partial charge in [-0.1, -0.05) is 5.21 Å². The molecule has 0 spiro atoms. The maximum absolute atomic E-state index is 12.2. The van der Waals surface area contributed by atoms with Gasteiger partial charge in [0.1, 0.15) is 0 Å². The van der Waals surface area contributed by atoms with Gasteiger partial charge in [0.05, 0.1) is 12.2 Å². The molecule has 0 saturated carbocycles. The van der Waals surface area contributed by atoms with Crippen LogP contribution in [0.15, 0.2) is 6.20 Å². The first-order valence-corrected chi connectivity index (χ1v) is 6.64. The molecule has 0 aromatic carbocycles. The van der Waals surface area contributed by atoms with Crippen molar-refractivity contribution < 1.29 is 14.7 Å². The Kier molecular flexibility index (Phi) is 3.91. The van der Waals surface area contributed by atoms with E-state index in [4.69, 9.17) is 5.11 Å². The van der Waals surface area contributed by atoms with Gasteiger partial charge < -0.3 is 14.9 Å². The highest BCUT2D eigenvalue weighted by Crippen LogP contribution is 2.22. The zero-order valence-electron chi connectivity index (χ0n) is 11.9. The lowest BCUT2D eigenvalue weighted by Gasteiger charge is -2.42. The van der Waals surface area contributed by atoms with Crippen molar-refractivity contribution in [2.24, 2.45) is 0 Å². The van der Waals surface area contributed by atoms with E-state index in [1.807, 2.05) is 20.8 Å². The molecule has 0 unspecified atom stereocenters. The number of carbonyl (C=O) groups is 2. The minimum absolute atomic E-state index is 0.00502. The molecule has 2 heterocycles. The number of urea groups is 1. The van der Waals surface area contributed by atoms with E-state index < -0.39 is 5.97 Å². The number of rotatable bonds is 4. The molecule has 2 rings (SSSR count). The number of nitrogens with zero attached hydrogens (tertiary/aromatic N) is 5. The van der Waals surface area contributed by atoms with E-state index in [-0.39, 0.29) is 23.8 Å². The van der Waals surface area contributed by atoms with Crippen LogP contribution in [-0.4, -0.2) is 67.6 Å². The molecule has 8 heteroatoms. The standard InChI is InChI=1S/C12H19N5O3/c1-4-16(8(2)3)12(20)15-5-9(6-15)17-7-10(11(18)19)13-14-17/h7-9H,4-6H2,1-3H3,(H,18,19). The van der Waals surface area contributed by atoms with E-state index in [1.165, 1.54) is 10.9 Å². The summed E-state index contributed by atoms with van der Waals surface area (Å²) >= 11 is 0. The number of hydrogen-bond donors (Lipinski definition) is 1. The Morgan fingerprint density at radius 3 is 2.60 bits per heavy atom. The normalized spacial score (nSPS) is 15.3. The maximum Gasteiger partial charge on any atom is 0.358 e. The number of amides is 2. The van der Waals surface area contributed by atoms with Crippen LogP contribution in [0.1, 0.15) is 37.3 Å². The quantitative estimate of drug-likeness (QED) is 0.876. The molecule has 1 fully saturated rings. The summed E-state index contributed by atoms with van der Waals surface area (Å²) in [5.41, 5.74) is -0.0767. The number of hydrogen-bond acceptors (Lipinski definition) is 4. The minimum Gasteiger partial charge on any atom is -0.476 e. The Hall–Kier alpha value is -2.12. The van der Waals surface area contributed by atoms with E-state index in [0.717, 1.165) is 0 Å². The summed E-state index contributed by atoms with van der Waals surface area (Å²) in [6.45, 7) is 7.65. The van der Waals surface area contributed by atoms with Crippen LogP contribution in [0.2, 0.25) is 0 Å². The molecule has 2 amide bonds. The van der Waals surface area contributed by atoms with Gasteiger partial charge in [0.25, 0.3) is 0 Å². The average Bonchev–Trinajstić information content (AvgIpc) is 2.76. The van der Waals surface area contributed by atoms with Gasteiger partial charge >= 0.3 is 12.0 Å². The summed E-state index contributed by atoms with van der Waals surface area (Å²) in [6, 6.07) is 0.180. The van der Waals surface area contributed by atoms with Crippen LogP contribution < -0.4 is 0 Å². The average molecular weight is 281 g/mol. The van der Waals surface area contributed by atoms with Gasteiger partial charge in [-0.3, -0.25) is 0 Å². The zero-order chi connectivity index (χ0) is 14.9. The van der Waals surface area contributed by atoms with E-state index in [0.29, 0.717) is 19.6 Å². The fraction of sp³-hybridized carbons (Fsp3) is 0.667. The number of carboxylic acid groups (broad SMARTS) is 1. The molecule has 1 aromatic heterocycles. The Labute approximate surface area is 117 Å². The van der Waals surface area contributed by atoms with Crippen LogP contribution in [0.3, 0.4) is 0 Å². The van der Waals surface area contributed by atoms with Gasteiger partial charge in [-0.15, -0.1) is 5.10 Å². The molecule has 1 aliphatic rings. The molecule has 0 atom stereocenters. The van der Waals surface area contributed by atoms with E-state index >= 15 is 0 Å². The summed E-state index contributed by atoms with van der Waals surface area (Å²) in [7, 11) is 0. The van der Waals surface area contributed by atoms with Crippen molar-refractivity contribution in [3.63, 3.8) is 0 Å². The van der Waals surface area contributed by atoms with E-state index in [2.05, 4.69) is 10.3 Å². The monoisotopic (exact) mass is 281 g/mol. The summed E-state index contributed by atoms with van der Waals surface area (Å²) in [4.78, 5) is 26.5. The molecule has 20 heavy (non-hydrogen) atoms. The van der Waals surface area contributed by atoms with Gasteiger partial charge in [-0.25, -0.2) is 14.3 Å². The first kappa shape index (κ1) is 14.3. The Bertz CT molecular complexity index is 507. The molecule has 1 aliphatic heterocycles. The van der Waals surface area contributed by atoms with Gasteiger partial charge in [0.2, 0.25) is 0 Å². The van der Waals surface area contributed by atoms with Crippen LogP contribution in [-0.2, 0) is 0 Å². The third-order valence-corrected chi connectivity index (χ3v) is 3.45. The molecule has 0 bridgehead atoms. The van der Waals surface area contributed by atoms with Crippen molar-refractivity contribution in [3.8, 4) is 0 Å². The largest absolute Gasteiger partial charge is 0.476 e. The predicted octanol–water partition coefficient (Wildman–Crippen LogP) is 0.683. The number of carbonyl (C=O) groups excluding carboxylic acids is 1. The molecule has 110 valence electrons. The maximum atomic E-state index is 12.2. The fourth-order valence-electron chi connectivity index (χ4n) is 2.23. The number of carboxylic acids is 1. The molecule has 1 N–H and O–H groups in total. The van der Waals surface area contributed by atoms with Gasteiger partial charge in [-0.2, -0.15) is 0 Å². The Balaban J connectivity index is 1.93. The summed E-state index contributed by atoms with van der Waals surface area (Å²) in [5, 5.41) is 16.1. The van der Waals surface area contributed by atoms with E-state index in [9.17, 15) is 9.59 Å². The lowest BCUT2D eigenvalue weighted by molar-refractivity contribution is 0.0689.